The summed E-state index contributed by atoms with van der Waals surface area (Å²) in [5.74, 6) is -2.31. The van der Waals surface area contributed by atoms with Crippen LogP contribution in [0.3, 0.4) is 0 Å². The largest absolute Gasteiger partial charge is 0.465 e. The van der Waals surface area contributed by atoms with Crippen molar-refractivity contribution in [2.24, 2.45) is 9.78 Å². The molecule has 0 bridgehead atoms. The second-order valence-corrected chi connectivity index (χ2v) is 8.80. The van der Waals surface area contributed by atoms with E-state index in [1.165, 1.54) is 43.6 Å². The van der Waals surface area contributed by atoms with Gasteiger partial charge in [0.2, 0.25) is 0 Å². The maximum Gasteiger partial charge on any atom is 0.302 e. The summed E-state index contributed by atoms with van der Waals surface area (Å²) in [6.07, 6.45) is 2.54. The number of esters is 1. The molecule has 1 aromatic heterocycles. The van der Waals surface area contributed by atoms with Gasteiger partial charge in [0, 0.05) is 25.3 Å². The van der Waals surface area contributed by atoms with Crippen molar-refractivity contribution < 1.29 is 22.9 Å². The van der Waals surface area contributed by atoms with Crippen molar-refractivity contribution in [3.8, 4) is 0 Å². The molecule has 0 fully saturated rings. The van der Waals surface area contributed by atoms with E-state index in [0.29, 0.717) is 0 Å². The van der Waals surface area contributed by atoms with Crippen molar-refractivity contribution in [3.63, 3.8) is 0 Å². The first kappa shape index (κ1) is 22.0. The van der Waals surface area contributed by atoms with Gasteiger partial charge in [-0.2, -0.15) is 4.36 Å². The number of amides is 1. The van der Waals surface area contributed by atoms with E-state index in [1.54, 1.807) is 18.2 Å². The summed E-state index contributed by atoms with van der Waals surface area (Å²) in [7, 11) is -3.17. The molecular weight excluding hydrogens is 407 g/mol. The van der Waals surface area contributed by atoms with Crippen molar-refractivity contribution in [2.75, 3.05) is 18.7 Å². The number of hydrogen-bond acceptors (Lipinski definition) is 5. The average molecular weight is 427 g/mol. The predicted molar refractivity (Wildman–Crippen MR) is 104 cm³/mol. The van der Waals surface area contributed by atoms with Crippen LogP contribution in [0.5, 0.6) is 0 Å². The molecule has 28 heavy (non-hydrogen) atoms. The van der Waals surface area contributed by atoms with Gasteiger partial charge < -0.3 is 4.74 Å². The molecule has 1 aromatic carbocycles. The molecule has 0 aliphatic heterocycles. The molecule has 9 heteroatoms. The lowest BCUT2D eigenvalue weighted by Crippen LogP contribution is -2.40. The van der Waals surface area contributed by atoms with Gasteiger partial charge in [0.05, 0.1) is 9.73 Å². The minimum Gasteiger partial charge on any atom is -0.465 e. The van der Waals surface area contributed by atoms with Gasteiger partial charge >= 0.3 is 5.97 Å². The lowest BCUT2D eigenvalue weighted by molar-refractivity contribution is -0.146. The number of hydrogen-bond donors (Lipinski definition) is 0. The molecular formula is C19H20ClFN2O4S. The second-order valence-electron chi connectivity index (χ2n) is 6.33. The van der Waals surface area contributed by atoms with Gasteiger partial charge in [-0.3, -0.25) is 9.59 Å². The van der Waals surface area contributed by atoms with E-state index in [2.05, 4.69) is 9.35 Å². The minimum absolute atomic E-state index is 0.130. The highest BCUT2D eigenvalue weighted by molar-refractivity contribution is 7.93. The monoisotopic (exact) mass is 426 g/mol. The lowest BCUT2D eigenvalue weighted by atomic mass is 9.83. The number of halogens is 2. The highest BCUT2D eigenvalue weighted by Gasteiger charge is 2.41. The van der Waals surface area contributed by atoms with E-state index in [9.17, 15) is 18.2 Å². The van der Waals surface area contributed by atoms with Crippen LogP contribution in [0.25, 0.3) is 0 Å². The molecule has 0 saturated heterocycles. The summed E-state index contributed by atoms with van der Waals surface area (Å²) < 4.78 is 36.0. The van der Waals surface area contributed by atoms with Crippen LogP contribution in [0.15, 0.2) is 58.1 Å². The Morgan fingerprint density at radius 2 is 1.93 bits per heavy atom. The second kappa shape index (κ2) is 9.25. The first-order valence-electron chi connectivity index (χ1n) is 8.30. The topological polar surface area (TPSA) is 85.7 Å². The summed E-state index contributed by atoms with van der Waals surface area (Å²) in [5.41, 5.74) is -1.36. The molecule has 2 unspecified atom stereocenters. The number of alkyl halides is 1. The molecule has 0 radical (unpaired) electrons. The zero-order valence-corrected chi connectivity index (χ0v) is 17.0. The van der Waals surface area contributed by atoms with Crippen LogP contribution in [0, 0.1) is 11.2 Å². The first-order chi connectivity index (χ1) is 13.2. The molecule has 6 nitrogen and oxygen atoms in total. The van der Waals surface area contributed by atoms with E-state index in [1.807, 2.05) is 0 Å². The van der Waals surface area contributed by atoms with Gasteiger partial charge in [-0.15, -0.1) is 11.6 Å². The Labute approximate surface area is 168 Å². The fourth-order valence-electron chi connectivity index (χ4n) is 2.45. The Hall–Kier alpha value is -2.32. The van der Waals surface area contributed by atoms with E-state index in [4.69, 9.17) is 16.3 Å². The normalized spacial score (nSPS) is 15.1. The summed E-state index contributed by atoms with van der Waals surface area (Å²) in [4.78, 5) is 28.3. The van der Waals surface area contributed by atoms with Crippen molar-refractivity contribution in [1.82, 2.24) is 4.98 Å². The highest BCUT2D eigenvalue weighted by atomic mass is 35.5. The third-order valence-electron chi connectivity index (χ3n) is 4.03. The fraction of sp³-hybridized carbons (Fsp3) is 0.316. The van der Waals surface area contributed by atoms with Gasteiger partial charge in [0.15, 0.2) is 0 Å². The summed E-state index contributed by atoms with van der Waals surface area (Å²) in [6.45, 7) is 0.765. The Morgan fingerprint density at radius 1 is 1.25 bits per heavy atom. The number of pyridine rings is 1. The molecule has 0 N–H and O–H groups in total. The van der Waals surface area contributed by atoms with Gasteiger partial charge in [-0.1, -0.05) is 24.3 Å². The zero-order chi connectivity index (χ0) is 20.8. The van der Waals surface area contributed by atoms with Crippen LogP contribution in [0.1, 0.15) is 12.5 Å². The first-order valence-corrected chi connectivity index (χ1v) is 10.8. The molecule has 2 atom stereocenters. The minimum atomic E-state index is -3.17. The van der Waals surface area contributed by atoms with Crippen molar-refractivity contribution >= 4 is 33.2 Å². The lowest BCUT2D eigenvalue weighted by Gasteiger charge is -2.28. The highest BCUT2D eigenvalue weighted by Crippen LogP contribution is 2.30. The van der Waals surface area contributed by atoms with Crippen molar-refractivity contribution in [2.45, 2.75) is 18.4 Å². The number of carbonyl (C=O) groups is 2. The van der Waals surface area contributed by atoms with Gasteiger partial charge in [-0.25, -0.2) is 13.6 Å². The number of rotatable bonds is 7. The number of nitrogens with zero attached hydrogens (tertiary/aromatic N) is 2. The Bertz CT molecular complexity index is 977. The Morgan fingerprint density at radius 3 is 2.50 bits per heavy atom. The van der Waals surface area contributed by atoms with Crippen LogP contribution in [-0.4, -0.2) is 39.8 Å². The van der Waals surface area contributed by atoms with Crippen LogP contribution in [0.2, 0.25) is 0 Å². The quantitative estimate of drug-likeness (QED) is 0.501. The fourth-order valence-corrected chi connectivity index (χ4v) is 3.93. The third kappa shape index (κ3) is 5.36. The van der Waals surface area contributed by atoms with E-state index in [-0.39, 0.29) is 22.9 Å². The molecule has 0 saturated carbocycles. The van der Waals surface area contributed by atoms with Gasteiger partial charge in [0.1, 0.15) is 22.9 Å². The SMILES string of the molecule is CC(=O)OCC(CCl)(Cc1ccccc1F)C(=O)N=S(C)(=O)c1ccccn1. The molecule has 1 amide bonds. The van der Waals surface area contributed by atoms with Crippen LogP contribution in [0.4, 0.5) is 4.39 Å². The summed E-state index contributed by atoms with van der Waals surface area (Å²) >= 11 is 6.08. The number of carbonyl (C=O) groups excluding carboxylic acids is 2. The maximum absolute atomic E-state index is 14.2. The van der Waals surface area contributed by atoms with Crippen LogP contribution in [-0.2, 0) is 30.5 Å². The van der Waals surface area contributed by atoms with Gasteiger partial charge in [0.25, 0.3) is 5.91 Å². The molecule has 1 heterocycles. The molecule has 0 aliphatic rings. The average Bonchev–Trinajstić information content (AvgIpc) is 2.67. The van der Waals surface area contributed by atoms with Crippen LogP contribution >= 0.6 is 11.6 Å². The summed E-state index contributed by atoms with van der Waals surface area (Å²) in [5, 5.41) is 0.130. The van der Waals surface area contributed by atoms with E-state index < -0.39 is 39.4 Å². The molecule has 2 rings (SSSR count). The maximum atomic E-state index is 14.2. The third-order valence-corrected chi connectivity index (χ3v) is 6.07. The molecule has 0 aliphatic carbocycles. The van der Waals surface area contributed by atoms with Gasteiger partial charge in [-0.05, 0) is 30.2 Å². The standard InChI is InChI=1S/C19H20ClFN2O4S/c1-14(24)27-13-19(12-20,11-15-7-3-4-8-16(15)21)18(25)23-28(2,26)17-9-5-6-10-22-17/h3-10H,11-13H2,1-2H3. The van der Waals surface area contributed by atoms with Crippen molar-refractivity contribution in [1.29, 1.82) is 0 Å². The van der Waals surface area contributed by atoms with Crippen molar-refractivity contribution in [3.05, 3.63) is 60.0 Å². The number of ether oxygens (including phenoxy) is 1. The summed E-state index contributed by atoms with van der Waals surface area (Å²) in [6, 6.07) is 10.6. The Kier molecular flexibility index (Phi) is 7.26. The van der Waals surface area contributed by atoms with Crippen LogP contribution < -0.4 is 0 Å². The molecule has 2 aromatic rings. The predicted octanol–water partition coefficient (Wildman–Crippen LogP) is 3.24. The van der Waals surface area contributed by atoms with E-state index in [0.717, 1.165) is 0 Å². The zero-order valence-electron chi connectivity index (χ0n) is 15.4. The number of aromatic nitrogens is 1. The molecule has 0 spiro atoms. The number of benzene rings is 1. The van der Waals surface area contributed by atoms with E-state index >= 15 is 0 Å². The Balaban J connectivity index is 2.49. The smallest absolute Gasteiger partial charge is 0.302 e. The molecule has 150 valence electrons.